The molecule has 39 heavy (non-hydrogen) atoms. The summed E-state index contributed by atoms with van der Waals surface area (Å²) >= 11 is 0. The van der Waals surface area contributed by atoms with Crippen molar-refractivity contribution in [2.24, 2.45) is 0 Å². The van der Waals surface area contributed by atoms with Crippen LogP contribution < -0.4 is 0 Å². The van der Waals surface area contributed by atoms with E-state index in [1.807, 2.05) is 55.4 Å². The van der Waals surface area contributed by atoms with Crippen LogP contribution in [-0.4, -0.2) is 67.1 Å². The van der Waals surface area contributed by atoms with Crippen molar-refractivity contribution in [2.75, 3.05) is 32.9 Å². The van der Waals surface area contributed by atoms with E-state index < -0.39 is 15.7 Å². The molecule has 1 N–H and O–H groups in total. The van der Waals surface area contributed by atoms with Gasteiger partial charge in [-0.3, -0.25) is 4.79 Å². The fourth-order valence-corrected chi connectivity index (χ4v) is 6.66. The smallest absolute Gasteiger partial charge is 0.272 e. The molecular formula is C30H34FN3O4S. The summed E-state index contributed by atoms with van der Waals surface area (Å²) in [5, 5.41) is 9.99. The van der Waals surface area contributed by atoms with E-state index in [-0.39, 0.29) is 24.4 Å². The maximum Gasteiger partial charge on any atom is 0.272 e. The average Bonchev–Trinajstić information content (AvgIpc) is 3.30. The molecule has 1 aromatic heterocycles. The van der Waals surface area contributed by atoms with Crippen molar-refractivity contribution < 1.29 is 23.2 Å². The molecule has 2 aromatic carbocycles. The van der Waals surface area contributed by atoms with Gasteiger partial charge in [-0.2, -0.15) is 0 Å². The summed E-state index contributed by atoms with van der Waals surface area (Å²) in [5.74, 6) is -0.504. The topological polar surface area (TPSA) is 83.0 Å². The van der Waals surface area contributed by atoms with Gasteiger partial charge in [-0.15, -0.1) is 0 Å². The van der Waals surface area contributed by atoms with Crippen molar-refractivity contribution in [3.8, 4) is 22.4 Å². The number of halogens is 1. The number of rotatable bonds is 6. The molecule has 3 heterocycles. The van der Waals surface area contributed by atoms with E-state index >= 15 is 0 Å². The number of aromatic nitrogens is 1. The molecule has 206 valence electrons. The second-order valence-corrected chi connectivity index (χ2v) is 13.1. The molecule has 0 bridgehead atoms. The largest absolute Gasteiger partial charge is 0.396 e. The lowest BCUT2D eigenvalue weighted by Gasteiger charge is -2.30. The first-order valence-electron chi connectivity index (χ1n) is 13.2. The van der Waals surface area contributed by atoms with E-state index in [2.05, 4.69) is 0 Å². The predicted molar refractivity (Wildman–Crippen MR) is 150 cm³/mol. The Morgan fingerprint density at radius 3 is 2.51 bits per heavy atom. The number of hydrogen-bond acceptors (Lipinski definition) is 5. The lowest BCUT2D eigenvalue weighted by Crippen LogP contribution is -2.41. The summed E-state index contributed by atoms with van der Waals surface area (Å²) in [4.78, 5) is 20.2. The van der Waals surface area contributed by atoms with Gasteiger partial charge in [-0.25, -0.2) is 17.9 Å². The molecule has 1 amide bonds. The number of benzene rings is 2. The van der Waals surface area contributed by atoms with E-state index in [0.717, 1.165) is 16.7 Å². The van der Waals surface area contributed by atoms with Crippen molar-refractivity contribution in [3.05, 3.63) is 77.2 Å². The third kappa shape index (κ3) is 5.54. The van der Waals surface area contributed by atoms with Gasteiger partial charge in [0.05, 0.1) is 29.7 Å². The quantitative estimate of drug-likeness (QED) is 0.479. The Kier molecular flexibility index (Phi) is 7.96. The van der Waals surface area contributed by atoms with Crippen LogP contribution in [0.3, 0.4) is 0 Å². The Balaban J connectivity index is 1.67. The highest BCUT2D eigenvalue weighted by atomic mass is 32.2. The molecule has 1 fully saturated rings. The molecule has 0 radical (unpaired) electrons. The molecule has 7 nitrogen and oxygen atoms in total. The van der Waals surface area contributed by atoms with Gasteiger partial charge >= 0.3 is 0 Å². The second kappa shape index (κ2) is 11.3. The summed E-state index contributed by atoms with van der Waals surface area (Å²) < 4.78 is 35.1. The summed E-state index contributed by atoms with van der Waals surface area (Å²) in [5.41, 5.74) is 4.52. The number of nitrogens with zero attached hydrogens (tertiary/aromatic N) is 3. The van der Waals surface area contributed by atoms with Crippen LogP contribution in [0.5, 0.6) is 0 Å². The molecule has 0 saturated carbocycles. The van der Waals surface area contributed by atoms with Crippen molar-refractivity contribution >= 4 is 16.9 Å². The fourth-order valence-electron chi connectivity index (χ4n) is 5.26. The minimum absolute atomic E-state index is 0.0921. The number of carbonyl (C=O) groups excluding carboxylic acids is 1. The molecular weight excluding hydrogens is 517 g/mol. The maximum absolute atomic E-state index is 14.7. The van der Waals surface area contributed by atoms with Crippen LogP contribution in [0.1, 0.15) is 54.8 Å². The Morgan fingerprint density at radius 2 is 1.82 bits per heavy atom. The van der Waals surface area contributed by atoms with Crippen LogP contribution in [0.2, 0.25) is 0 Å². The Morgan fingerprint density at radius 1 is 1.10 bits per heavy atom. The Hall–Kier alpha value is -2.98. The standard InChI is InChI=1S/C30H34FN3O4S/c1-30(2,3)39(37)34-19-22-18-25(29(36)33-12-15-38-16-13-33)32-28(27(22)26(34)11-14-35)21-8-6-7-20(17-21)23-9-4-5-10-24(23)31/h4-10,17-18,26,35H,11-16,19H2,1-3H3/t26-,39-/m0/s1. The van der Waals surface area contributed by atoms with Gasteiger partial charge in [0.25, 0.3) is 5.91 Å². The first-order chi connectivity index (χ1) is 18.7. The van der Waals surface area contributed by atoms with Gasteiger partial charge in [0.1, 0.15) is 22.5 Å². The third-order valence-corrected chi connectivity index (χ3v) is 8.99. The van der Waals surface area contributed by atoms with Crippen molar-refractivity contribution in [1.29, 1.82) is 0 Å². The van der Waals surface area contributed by atoms with Crippen molar-refractivity contribution in [2.45, 2.75) is 44.5 Å². The molecule has 9 heteroatoms. The summed E-state index contributed by atoms with van der Waals surface area (Å²) in [6, 6.07) is 15.5. The highest BCUT2D eigenvalue weighted by molar-refractivity contribution is 7.84. The van der Waals surface area contributed by atoms with Gasteiger partial charge in [0, 0.05) is 42.9 Å². The van der Waals surface area contributed by atoms with E-state index in [0.29, 0.717) is 61.8 Å². The molecule has 0 unspecified atom stereocenters. The third-order valence-electron chi connectivity index (χ3n) is 7.13. The molecule has 1 saturated heterocycles. The van der Waals surface area contributed by atoms with Crippen molar-refractivity contribution in [1.82, 2.24) is 14.2 Å². The lowest BCUT2D eigenvalue weighted by molar-refractivity contribution is 0.0299. The van der Waals surface area contributed by atoms with E-state index in [4.69, 9.17) is 9.72 Å². The lowest BCUT2D eigenvalue weighted by atomic mass is 9.94. The molecule has 0 aliphatic carbocycles. The molecule has 5 rings (SSSR count). The SMILES string of the molecule is CC(C)(C)[S@](=O)N1Cc2cc(C(=O)N3CCOCC3)nc(-c3cccc(-c4ccccc4F)c3)c2[C@@H]1CCO. The van der Waals surface area contributed by atoms with E-state index in [1.54, 1.807) is 23.1 Å². The summed E-state index contributed by atoms with van der Waals surface area (Å²) in [7, 11) is -1.36. The zero-order valence-electron chi connectivity index (χ0n) is 22.5. The number of ether oxygens (including phenoxy) is 1. The van der Waals surface area contributed by atoms with Crippen LogP contribution in [0, 0.1) is 5.82 Å². The van der Waals surface area contributed by atoms with Gasteiger partial charge in [0.15, 0.2) is 0 Å². The summed E-state index contributed by atoms with van der Waals surface area (Å²) in [6.07, 6.45) is 0.368. The first kappa shape index (κ1) is 27.6. The van der Waals surface area contributed by atoms with Crippen LogP contribution in [0.4, 0.5) is 4.39 Å². The number of fused-ring (bicyclic) bond motifs is 1. The summed E-state index contributed by atoms with van der Waals surface area (Å²) in [6.45, 7) is 7.98. The first-order valence-corrected chi connectivity index (χ1v) is 14.4. The van der Waals surface area contributed by atoms with E-state index in [9.17, 15) is 18.5 Å². The number of hydrogen-bond donors (Lipinski definition) is 1. The van der Waals surface area contributed by atoms with E-state index in [1.165, 1.54) is 6.07 Å². The Labute approximate surface area is 231 Å². The highest BCUT2D eigenvalue weighted by Gasteiger charge is 2.40. The Bertz CT molecular complexity index is 1400. The molecule has 2 atom stereocenters. The zero-order valence-corrected chi connectivity index (χ0v) is 23.3. The molecule has 2 aliphatic heterocycles. The van der Waals surface area contributed by atoms with Crippen molar-refractivity contribution in [3.63, 3.8) is 0 Å². The maximum atomic E-state index is 14.7. The van der Waals surface area contributed by atoms with Crippen LogP contribution in [0.25, 0.3) is 22.4 Å². The number of morpholine rings is 1. The van der Waals surface area contributed by atoms with Gasteiger partial charge in [-0.05, 0) is 56.5 Å². The van der Waals surface area contributed by atoms with Gasteiger partial charge in [-0.1, -0.05) is 36.4 Å². The van der Waals surface area contributed by atoms with Gasteiger partial charge in [0.2, 0.25) is 0 Å². The fraction of sp³-hybridized carbons (Fsp3) is 0.400. The molecule has 2 aliphatic rings. The highest BCUT2D eigenvalue weighted by Crippen LogP contribution is 2.44. The predicted octanol–water partition coefficient (Wildman–Crippen LogP) is 4.73. The number of amides is 1. The van der Waals surface area contributed by atoms with Crippen LogP contribution >= 0.6 is 0 Å². The molecule has 0 spiro atoms. The minimum Gasteiger partial charge on any atom is -0.396 e. The number of aliphatic hydroxyl groups is 1. The number of aliphatic hydroxyl groups excluding tert-OH is 1. The van der Waals surface area contributed by atoms with Crippen LogP contribution in [-0.2, 0) is 22.3 Å². The normalized spacial score (nSPS) is 18.7. The minimum atomic E-state index is -1.36. The number of pyridine rings is 1. The molecule has 3 aromatic rings. The van der Waals surface area contributed by atoms with Gasteiger partial charge < -0.3 is 14.7 Å². The zero-order chi connectivity index (χ0) is 27.7. The average molecular weight is 552 g/mol. The monoisotopic (exact) mass is 551 g/mol. The number of carbonyl (C=O) groups is 1. The van der Waals surface area contributed by atoms with Crippen LogP contribution in [0.15, 0.2) is 54.6 Å². The second-order valence-electron chi connectivity index (χ2n) is 10.9.